The maximum absolute atomic E-state index is 13.3. The van der Waals surface area contributed by atoms with Crippen LogP contribution in [0.15, 0.2) is 65.7 Å². The minimum atomic E-state index is -3.91. The number of hydrogen-bond donors (Lipinski definition) is 0. The molecule has 2 aromatic carbocycles. The largest absolute Gasteiger partial charge is 0.298 e. The van der Waals surface area contributed by atoms with E-state index < -0.39 is 15.8 Å². The molecule has 0 amide bonds. The molecule has 3 aromatic rings. The third kappa shape index (κ3) is 3.08. The van der Waals surface area contributed by atoms with Gasteiger partial charge in [0, 0.05) is 17.3 Å². The summed E-state index contributed by atoms with van der Waals surface area (Å²) in [4.78, 5) is 11.9. The Balaban J connectivity index is 2.35. The van der Waals surface area contributed by atoms with Crippen LogP contribution in [0, 0.1) is 5.82 Å². The lowest BCUT2D eigenvalue weighted by Gasteiger charge is -2.11. The number of aromatic nitrogens is 1. The second-order valence-corrected chi connectivity index (χ2v) is 8.06. The standard InChI is InChI=1S/C20H18FNO3S/c1-14(2)18-12-22(26(24,25)17-6-4-3-5-7-17)20(19(18)13-23)15-8-10-16(21)11-9-15/h3-14H,1-2H3. The van der Waals surface area contributed by atoms with E-state index in [9.17, 15) is 17.6 Å². The number of aldehydes is 1. The maximum atomic E-state index is 13.3. The normalized spacial score (nSPS) is 11.7. The van der Waals surface area contributed by atoms with Gasteiger partial charge in [-0.05, 0) is 47.9 Å². The molecule has 0 radical (unpaired) electrons. The SMILES string of the molecule is CC(C)c1cn(S(=O)(=O)c2ccccc2)c(-c2ccc(F)cc2)c1C=O. The van der Waals surface area contributed by atoms with Crippen molar-refractivity contribution >= 4 is 16.3 Å². The third-order valence-electron chi connectivity index (χ3n) is 4.20. The Labute approximate surface area is 152 Å². The molecule has 0 aliphatic heterocycles. The molecule has 0 saturated heterocycles. The highest BCUT2D eigenvalue weighted by Gasteiger charge is 2.26. The van der Waals surface area contributed by atoms with E-state index in [2.05, 4.69) is 0 Å². The van der Waals surface area contributed by atoms with Crippen molar-refractivity contribution in [2.75, 3.05) is 0 Å². The van der Waals surface area contributed by atoms with Gasteiger partial charge in [-0.25, -0.2) is 16.8 Å². The van der Waals surface area contributed by atoms with Crippen LogP contribution in [0.25, 0.3) is 11.3 Å². The van der Waals surface area contributed by atoms with Crippen molar-refractivity contribution in [3.63, 3.8) is 0 Å². The molecule has 0 saturated carbocycles. The highest BCUT2D eigenvalue weighted by atomic mass is 32.2. The van der Waals surface area contributed by atoms with Gasteiger partial charge in [-0.15, -0.1) is 0 Å². The minimum absolute atomic E-state index is 0.0541. The molecule has 1 aromatic heterocycles. The van der Waals surface area contributed by atoms with Crippen LogP contribution in [0.3, 0.4) is 0 Å². The molecule has 6 heteroatoms. The average molecular weight is 371 g/mol. The van der Waals surface area contributed by atoms with Gasteiger partial charge in [-0.3, -0.25) is 4.79 Å². The van der Waals surface area contributed by atoms with Crippen LogP contribution >= 0.6 is 0 Å². The molecule has 1 heterocycles. The van der Waals surface area contributed by atoms with Gasteiger partial charge in [0.2, 0.25) is 0 Å². The molecule has 0 aliphatic carbocycles. The summed E-state index contributed by atoms with van der Waals surface area (Å²) in [5.74, 6) is -0.490. The summed E-state index contributed by atoms with van der Waals surface area (Å²) in [5.41, 5.74) is 1.62. The summed E-state index contributed by atoms with van der Waals surface area (Å²) in [5, 5.41) is 0. The van der Waals surface area contributed by atoms with Gasteiger partial charge in [-0.2, -0.15) is 0 Å². The van der Waals surface area contributed by atoms with Crippen molar-refractivity contribution in [3.05, 3.63) is 77.7 Å². The number of nitrogens with zero attached hydrogens (tertiary/aromatic N) is 1. The Bertz CT molecular complexity index is 1040. The number of carbonyl (C=O) groups excluding carboxylic acids is 1. The molecular formula is C20H18FNO3S. The quantitative estimate of drug-likeness (QED) is 0.622. The van der Waals surface area contributed by atoms with E-state index in [0.29, 0.717) is 23.0 Å². The monoisotopic (exact) mass is 371 g/mol. The van der Waals surface area contributed by atoms with Crippen LogP contribution in [0.5, 0.6) is 0 Å². The summed E-state index contributed by atoms with van der Waals surface area (Å²) >= 11 is 0. The fraction of sp³-hybridized carbons (Fsp3) is 0.150. The average Bonchev–Trinajstić information content (AvgIpc) is 3.04. The van der Waals surface area contributed by atoms with Gasteiger partial charge in [0.25, 0.3) is 10.0 Å². The molecule has 26 heavy (non-hydrogen) atoms. The summed E-state index contributed by atoms with van der Waals surface area (Å²) < 4.78 is 40.8. The van der Waals surface area contributed by atoms with Crippen molar-refractivity contribution in [1.29, 1.82) is 0 Å². The van der Waals surface area contributed by atoms with E-state index in [4.69, 9.17) is 0 Å². The zero-order chi connectivity index (χ0) is 18.9. The molecule has 0 bridgehead atoms. The van der Waals surface area contributed by atoms with Crippen molar-refractivity contribution in [1.82, 2.24) is 3.97 Å². The van der Waals surface area contributed by atoms with E-state index in [1.165, 1.54) is 42.6 Å². The lowest BCUT2D eigenvalue weighted by atomic mass is 9.99. The van der Waals surface area contributed by atoms with Crippen LogP contribution in [-0.4, -0.2) is 18.7 Å². The Kier molecular flexibility index (Phi) is 4.78. The molecule has 0 fully saturated rings. The zero-order valence-corrected chi connectivity index (χ0v) is 15.2. The second-order valence-electron chi connectivity index (χ2n) is 6.24. The van der Waals surface area contributed by atoms with E-state index in [0.717, 1.165) is 3.97 Å². The minimum Gasteiger partial charge on any atom is -0.298 e. The predicted molar refractivity (Wildman–Crippen MR) is 98.3 cm³/mol. The smallest absolute Gasteiger partial charge is 0.268 e. The van der Waals surface area contributed by atoms with Gasteiger partial charge in [0.05, 0.1) is 10.6 Å². The van der Waals surface area contributed by atoms with Crippen LogP contribution in [0.1, 0.15) is 35.7 Å². The van der Waals surface area contributed by atoms with Gasteiger partial charge in [-0.1, -0.05) is 32.0 Å². The highest BCUT2D eigenvalue weighted by Crippen LogP contribution is 2.34. The molecule has 0 unspecified atom stereocenters. The van der Waals surface area contributed by atoms with Crippen LogP contribution in [0.4, 0.5) is 4.39 Å². The first-order valence-electron chi connectivity index (χ1n) is 8.13. The Morgan fingerprint density at radius 3 is 2.15 bits per heavy atom. The second kappa shape index (κ2) is 6.88. The first-order valence-corrected chi connectivity index (χ1v) is 9.57. The van der Waals surface area contributed by atoms with E-state index in [1.807, 2.05) is 13.8 Å². The van der Waals surface area contributed by atoms with Gasteiger partial charge in [0.1, 0.15) is 5.82 Å². The summed E-state index contributed by atoms with van der Waals surface area (Å²) in [6.07, 6.45) is 2.14. The van der Waals surface area contributed by atoms with Crippen molar-refractivity contribution in [2.45, 2.75) is 24.7 Å². The fourth-order valence-corrected chi connectivity index (χ4v) is 4.31. The summed E-state index contributed by atoms with van der Waals surface area (Å²) in [6, 6.07) is 13.4. The van der Waals surface area contributed by atoms with Gasteiger partial charge < -0.3 is 0 Å². The van der Waals surface area contributed by atoms with E-state index in [-0.39, 0.29) is 16.5 Å². The van der Waals surface area contributed by atoms with Gasteiger partial charge in [0.15, 0.2) is 6.29 Å². The number of rotatable bonds is 5. The molecular weight excluding hydrogens is 353 g/mol. The molecule has 3 rings (SSSR count). The Morgan fingerprint density at radius 2 is 1.62 bits per heavy atom. The number of halogens is 1. The molecule has 0 spiro atoms. The van der Waals surface area contributed by atoms with Crippen molar-refractivity contribution in [3.8, 4) is 11.3 Å². The Morgan fingerprint density at radius 1 is 1.00 bits per heavy atom. The summed E-state index contributed by atoms with van der Waals surface area (Å²) in [6.45, 7) is 3.77. The van der Waals surface area contributed by atoms with Gasteiger partial charge >= 0.3 is 0 Å². The van der Waals surface area contributed by atoms with Crippen molar-refractivity contribution < 1.29 is 17.6 Å². The third-order valence-corrected chi connectivity index (χ3v) is 5.87. The first-order chi connectivity index (χ1) is 12.4. The van der Waals surface area contributed by atoms with Crippen molar-refractivity contribution in [2.24, 2.45) is 0 Å². The lowest BCUT2D eigenvalue weighted by Crippen LogP contribution is -2.13. The fourth-order valence-electron chi connectivity index (χ4n) is 2.89. The number of benzene rings is 2. The molecule has 134 valence electrons. The van der Waals surface area contributed by atoms with Crippen LogP contribution in [-0.2, 0) is 10.0 Å². The Hall–Kier alpha value is -2.73. The molecule has 4 nitrogen and oxygen atoms in total. The molecule has 0 N–H and O–H groups in total. The van der Waals surface area contributed by atoms with Crippen LogP contribution in [0.2, 0.25) is 0 Å². The lowest BCUT2D eigenvalue weighted by molar-refractivity contribution is 0.112. The predicted octanol–water partition coefficient (Wildman–Crippen LogP) is 4.47. The van der Waals surface area contributed by atoms with Crippen LogP contribution < -0.4 is 0 Å². The van der Waals surface area contributed by atoms with E-state index >= 15 is 0 Å². The molecule has 0 atom stereocenters. The first kappa shape index (κ1) is 18.1. The number of hydrogen-bond acceptors (Lipinski definition) is 3. The maximum Gasteiger partial charge on any atom is 0.268 e. The number of carbonyl (C=O) groups is 1. The topological polar surface area (TPSA) is 56.1 Å². The van der Waals surface area contributed by atoms with E-state index in [1.54, 1.807) is 18.2 Å². The zero-order valence-electron chi connectivity index (χ0n) is 14.4. The molecule has 0 aliphatic rings. The highest BCUT2D eigenvalue weighted by molar-refractivity contribution is 7.90. The summed E-state index contributed by atoms with van der Waals surface area (Å²) in [7, 11) is -3.91.